The quantitative estimate of drug-likeness (QED) is 0.633. The van der Waals surface area contributed by atoms with E-state index < -0.39 is 15.9 Å². The number of nitrogens with one attached hydrogen (secondary N) is 1. The van der Waals surface area contributed by atoms with E-state index in [9.17, 15) is 17.6 Å². The predicted octanol–water partition coefficient (Wildman–Crippen LogP) is 4.00. The van der Waals surface area contributed by atoms with Crippen LogP contribution in [0.2, 0.25) is 0 Å². The van der Waals surface area contributed by atoms with Crippen LogP contribution in [0.1, 0.15) is 14.5 Å². The van der Waals surface area contributed by atoms with Crippen LogP contribution in [0.25, 0.3) is 11.1 Å². The van der Waals surface area contributed by atoms with Gasteiger partial charge in [0, 0.05) is 23.1 Å². The van der Waals surface area contributed by atoms with Crippen LogP contribution in [-0.2, 0) is 10.0 Å². The number of rotatable bonds is 6. The Labute approximate surface area is 172 Å². The van der Waals surface area contributed by atoms with Crippen molar-refractivity contribution in [3.8, 4) is 22.6 Å². The number of amides is 1. The van der Waals surface area contributed by atoms with Gasteiger partial charge in [-0.15, -0.1) is 11.3 Å². The molecule has 1 heterocycles. The molecule has 3 aromatic rings. The molecule has 1 aromatic heterocycles. The van der Waals surface area contributed by atoms with E-state index in [4.69, 9.17) is 9.47 Å². The molecule has 0 aliphatic rings. The number of carbonyl (C=O) groups excluding carboxylic acids is 1. The highest BCUT2D eigenvalue weighted by Gasteiger charge is 2.22. The molecule has 152 valence electrons. The lowest BCUT2D eigenvalue weighted by Gasteiger charge is -2.10. The van der Waals surface area contributed by atoms with Gasteiger partial charge >= 0.3 is 0 Å². The average Bonchev–Trinajstić information content (AvgIpc) is 3.09. The molecule has 3 rings (SSSR count). The monoisotopic (exact) mass is 435 g/mol. The molecule has 29 heavy (non-hydrogen) atoms. The van der Waals surface area contributed by atoms with Crippen molar-refractivity contribution in [3.05, 3.63) is 64.1 Å². The third-order valence-electron chi connectivity index (χ3n) is 4.16. The van der Waals surface area contributed by atoms with Crippen LogP contribution < -0.4 is 14.2 Å². The molecule has 0 bridgehead atoms. The van der Waals surface area contributed by atoms with Crippen molar-refractivity contribution in [2.45, 2.75) is 11.8 Å². The first kappa shape index (κ1) is 20.8. The summed E-state index contributed by atoms with van der Waals surface area (Å²) in [5.41, 5.74) is 1.47. The Morgan fingerprint density at radius 3 is 2.14 bits per heavy atom. The van der Waals surface area contributed by atoms with E-state index in [-0.39, 0.29) is 27.1 Å². The summed E-state index contributed by atoms with van der Waals surface area (Å²) in [5, 5.41) is 0. The minimum Gasteiger partial charge on any atom is -0.497 e. The highest BCUT2D eigenvalue weighted by atomic mass is 32.2. The van der Waals surface area contributed by atoms with E-state index in [1.807, 2.05) is 6.92 Å². The maximum Gasteiger partial charge on any atom is 0.275 e. The van der Waals surface area contributed by atoms with Crippen molar-refractivity contribution in [1.82, 2.24) is 4.72 Å². The molecule has 1 N–H and O–H groups in total. The second kappa shape index (κ2) is 8.22. The zero-order chi connectivity index (χ0) is 21.2. The van der Waals surface area contributed by atoms with Crippen LogP contribution in [0.3, 0.4) is 0 Å². The Morgan fingerprint density at radius 1 is 1.00 bits per heavy atom. The van der Waals surface area contributed by atoms with Gasteiger partial charge in [-0.05, 0) is 36.2 Å². The molecule has 0 unspecified atom stereocenters. The number of ether oxygens (including phenoxy) is 2. The normalized spacial score (nSPS) is 11.2. The van der Waals surface area contributed by atoms with Gasteiger partial charge in [0.05, 0.1) is 24.0 Å². The van der Waals surface area contributed by atoms with Gasteiger partial charge in [-0.2, -0.15) is 0 Å². The largest absolute Gasteiger partial charge is 0.497 e. The van der Waals surface area contributed by atoms with E-state index in [1.54, 1.807) is 18.2 Å². The lowest BCUT2D eigenvalue weighted by atomic mass is 10.1. The molecular formula is C20H18FNO5S2. The van der Waals surface area contributed by atoms with Crippen LogP contribution in [0.5, 0.6) is 11.5 Å². The zero-order valence-electron chi connectivity index (χ0n) is 15.9. The van der Waals surface area contributed by atoms with Crippen molar-refractivity contribution in [2.75, 3.05) is 14.2 Å². The van der Waals surface area contributed by atoms with Crippen LogP contribution >= 0.6 is 11.3 Å². The highest BCUT2D eigenvalue weighted by molar-refractivity contribution is 7.90. The van der Waals surface area contributed by atoms with Crippen molar-refractivity contribution < 1.29 is 27.1 Å². The third-order valence-corrected chi connectivity index (χ3v) is 6.52. The SMILES string of the molecule is COc1cc(OC)cc(S(=O)(=O)NC(=O)c2cc(-c3ccc(F)cc3)c(C)s2)c1. The Balaban J connectivity index is 1.88. The first-order valence-electron chi connectivity index (χ1n) is 8.40. The van der Waals surface area contributed by atoms with E-state index in [0.717, 1.165) is 27.3 Å². The fourth-order valence-electron chi connectivity index (χ4n) is 2.68. The number of hydrogen-bond acceptors (Lipinski definition) is 6. The maximum absolute atomic E-state index is 13.1. The highest BCUT2D eigenvalue weighted by Crippen LogP contribution is 2.31. The predicted molar refractivity (Wildman–Crippen MR) is 109 cm³/mol. The number of thiophene rings is 1. The van der Waals surface area contributed by atoms with Crippen LogP contribution in [0.4, 0.5) is 4.39 Å². The standard InChI is InChI=1S/C20H18FNO5S2/c1-12-18(13-4-6-14(21)7-5-13)11-19(28-12)20(23)22-29(24,25)17-9-15(26-2)8-16(10-17)27-3/h4-11H,1-3H3,(H,22,23). The molecule has 0 spiro atoms. The van der Waals surface area contributed by atoms with Gasteiger partial charge in [-0.3, -0.25) is 4.79 Å². The van der Waals surface area contributed by atoms with E-state index >= 15 is 0 Å². The van der Waals surface area contributed by atoms with Crippen molar-refractivity contribution >= 4 is 27.3 Å². The molecule has 2 aromatic carbocycles. The summed E-state index contributed by atoms with van der Waals surface area (Å²) in [7, 11) is -1.35. The summed E-state index contributed by atoms with van der Waals surface area (Å²) in [6, 6.07) is 11.6. The van der Waals surface area contributed by atoms with Crippen LogP contribution in [0.15, 0.2) is 53.4 Å². The lowest BCUT2D eigenvalue weighted by molar-refractivity contribution is 0.0985. The number of sulfonamides is 1. The van der Waals surface area contributed by atoms with Gasteiger partial charge in [-0.1, -0.05) is 12.1 Å². The Bertz CT molecular complexity index is 1130. The summed E-state index contributed by atoms with van der Waals surface area (Å²) in [6.45, 7) is 1.81. The number of methoxy groups -OCH3 is 2. The number of carbonyl (C=O) groups is 1. The molecule has 0 saturated carbocycles. The molecular weight excluding hydrogens is 417 g/mol. The summed E-state index contributed by atoms with van der Waals surface area (Å²) in [6.07, 6.45) is 0. The topological polar surface area (TPSA) is 81.7 Å². The smallest absolute Gasteiger partial charge is 0.275 e. The van der Waals surface area contributed by atoms with Crippen molar-refractivity contribution in [2.24, 2.45) is 0 Å². The molecule has 0 saturated heterocycles. The first-order chi connectivity index (χ1) is 13.7. The van der Waals surface area contributed by atoms with E-state index in [2.05, 4.69) is 4.72 Å². The Morgan fingerprint density at radius 2 is 1.59 bits per heavy atom. The van der Waals surface area contributed by atoms with Crippen LogP contribution in [0, 0.1) is 12.7 Å². The van der Waals surface area contributed by atoms with Gasteiger partial charge < -0.3 is 9.47 Å². The fraction of sp³-hybridized carbons (Fsp3) is 0.150. The van der Waals surface area contributed by atoms with Crippen molar-refractivity contribution in [1.29, 1.82) is 0 Å². The van der Waals surface area contributed by atoms with Crippen LogP contribution in [-0.4, -0.2) is 28.5 Å². The molecule has 0 aliphatic carbocycles. The summed E-state index contributed by atoms with van der Waals surface area (Å²) in [4.78, 5) is 13.5. The first-order valence-corrected chi connectivity index (χ1v) is 10.7. The number of halogens is 1. The molecule has 0 atom stereocenters. The number of hydrogen-bond donors (Lipinski definition) is 1. The third kappa shape index (κ3) is 4.57. The van der Waals surface area contributed by atoms with Crippen molar-refractivity contribution in [3.63, 3.8) is 0 Å². The summed E-state index contributed by atoms with van der Waals surface area (Å²) >= 11 is 1.15. The summed E-state index contributed by atoms with van der Waals surface area (Å²) < 4.78 is 50.7. The van der Waals surface area contributed by atoms with Gasteiger partial charge in [0.2, 0.25) is 0 Å². The average molecular weight is 435 g/mol. The lowest BCUT2D eigenvalue weighted by Crippen LogP contribution is -2.30. The Kier molecular flexibility index (Phi) is 5.90. The second-order valence-corrected chi connectivity index (χ2v) is 9.01. The van der Waals surface area contributed by atoms with E-state index in [1.165, 1.54) is 44.6 Å². The van der Waals surface area contributed by atoms with E-state index in [0.29, 0.717) is 0 Å². The molecule has 9 heteroatoms. The maximum atomic E-state index is 13.1. The Hall–Kier alpha value is -2.91. The summed E-state index contributed by atoms with van der Waals surface area (Å²) in [5.74, 6) is -0.557. The molecule has 0 radical (unpaired) electrons. The van der Waals surface area contributed by atoms with Gasteiger partial charge in [0.1, 0.15) is 17.3 Å². The number of benzene rings is 2. The van der Waals surface area contributed by atoms with Gasteiger partial charge in [0.15, 0.2) is 0 Å². The molecule has 6 nitrogen and oxygen atoms in total. The van der Waals surface area contributed by atoms with Gasteiger partial charge in [-0.25, -0.2) is 17.5 Å². The second-order valence-electron chi connectivity index (χ2n) is 6.07. The number of aryl methyl sites for hydroxylation is 1. The minimum atomic E-state index is -4.15. The fourth-order valence-corrected chi connectivity index (χ4v) is 4.69. The molecule has 0 fully saturated rings. The molecule has 0 aliphatic heterocycles. The molecule has 1 amide bonds. The minimum absolute atomic E-state index is 0.158. The zero-order valence-corrected chi connectivity index (χ0v) is 17.5. The van der Waals surface area contributed by atoms with Gasteiger partial charge in [0.25, 0.3) is 15.9 Å².